The van der Waals surface area contributed by atoms with Gasteiger partial charge in [-0.15, -0.1) is 0 Å². The standard InChI is InChI=1S/C48H88O9/c1-3-5-7-9-11-13-15-17-19-21-22-24-26-28-30-32-34-36-38-54-40-42(41-55-48-47(53)46(52)45(51)43(39-49)57-48)56-44(50)37-35-33-31-29-27-25-23-20-18-16-14-12-10-8-6-4-2/h14,16-17,19-20,23,42-43,45-49,51-53H,3-13,15,18,21-22,24-41H2,1-2H3/b16-14-,19-17-,23-20-. The van der Waals surface area contributed by atoms with E-state index in [2.05, 4.69) is 50.3 Å². The molecule has 1 rings (SSSR count). The molecule has 9 heteroatoms. The van der Waals surface area contributed by atoms with Crippen molar-refractivity contribution in [1.82, 2.24) is 0 Å². The van der Waals surface area contributed by atoms with Gasteiger partial charge in [-0.3, -0.25) is 4.79 Å². The van der Waals surface area contributed by atoms with Crippen molar-refractivity contribution in [2.24, 2.45) is 0 Å². The Labute approximate surface area is 349 Å². The fourth-order valence-corrected chi connectivity index (χ4v) is 7.05. The molecule has 4 N–H and O–H groups in total. The van der Waals surface area contributed by atoms with E-state index < -0.39 is 43.4 Å². The van der Waals surface area contributed by atoms with Gasteiger partial charge in [0.05, 0.1) is 19.8 Å². The van der Waals surface area contributed by atoms with Crippen molar-refractivity contribution in [1.29, 1.82) is 0 Å². The summed E-state index contributed by atoms with van der Waals surface area (Å²) in [4.78, 5) is 12.8. The molecule has 1 heterocycles. The molecule has 0 aromatic heterocycles. The number of unbranched alkanes of at least 4 members (excludes halogenated alkanes) is 23. The van der Waals surface area contributed by atoms with E-state index in [1.165, 1.54) is 122 Å². The molecule has 0 amide bonds. The first-order valence-electron chi connectivity index (χ1n) is 23.6. The van der Waals surface area contributed by atoms with E-state index in [0.717, 1.165) is 57.8 Å². The lowest BCUT2D eigenvalue weighted by Crippen LogP contribution is -2.59. The highest BCUT2D eigenvalue weighted by Crippen LogP contribution is 2.22. The first-order valence-corrected chi connectivity index (χ1v) is 23.6. The van der Waals surface area contributed by atoms with Gasteiger partial charge in [0.25, 0.3) is 0 Å². The van der Waals surface area contributed by atoms with E-state index >= 15 is 0 Å². The molecule has 6 atom stereocenters. The summed E-state index contributed by atoms with van der Waals surface area (Å²) >= 11 is 0. The fourth-order valence-electron chi connectivity index (χ4n) is 7.05. The van der Waals surface area contributed by atoms with Crippen LogP contribution in [0.1, 0.15) is 200 Å². The molecule has 0 bridgehead atoms. The van der Waals surface area contributed by atoms with Crippen molar-refractivity contribution in [3.63, 3.8) is 0 Å². The third-order valence-electron chi connectivity index (χ3n) is 10.8. The second kappa shape index (κ2) is 39.8. The van der Waals surface area contributed by atoms with Crippen molar-refractivity contribution >= 4 is 5.97 Å². The Morgan fingerprint density at radius 1 is 0.561 bits per heavy atom. The third-order valence-corrected chi connectivity index (χ3v) is 10.8. The molecule has 334 valence electrons. The first-order chi connectivity index (χ1) is 27.9. The van der Waals surface area contributed by atoms with Crippen molar-refractivity contribution in [2.75, 3.05) is 26.4 Å². The minimum Gasteiger partial charge on any atom is -0.457 e. The second-order valence-electron chi connectivity index (χ2n) is 16.2. The summed E-state index contributed by atoms with van der Waals surface area (Å²) in [6.45, 7) is 4.53. The van der Waals surface area contributed by atoms with Crippen molar-refractivity contribution in [3.8, 4) is 0 Å². The number of carbonyl (C=O) groups is 1. The van der Waals surface area contributed by atoms with Crippen LogP contribution in [0.3, 0.4) is 0 Å². The summed E-state index contributed by atoms with van der Waals surface area (Å²) in [5.41, 5.74) is 0. The molecule has 0 radical (unpaired) electrons. The van der Waals surface area contributed by atoms with Gasteiger partial charge in [0, 0.05) is 13.0 Å². The number of allylic oxidation sites excluding steroid dienone is 6. The van der Waals surface area contributed by atoms with Gasteiger partial charge in [-0.05, 0) is 70.6 Å². The van der Waals surface area contributed by atoms with E-state index in [0.29, 0.717) is 13.0 Å². The van der Waals surface area contributed by atoms with Crippen LogP contribution < -0.4 is 0 Å². The molecular weight excluding hydrogens is 721 g/mol. The summed E-state index contributed by atoms with van der Waals surface area (Å²) < 4.78 is 22.8. The van der Waals surface area contributed by atoms with Crippen LogP contribution in [0.2, 0.25) is 0 Å². The zero-order valence-corrected chi connectivity index (χ0v) is 36.6. The summed E-state index contributed by atoms with van der Waals surface area (Å²) in [5.74, 6) is -0.327. The SMILES string of the molecule is CCCCCC/C=C\C/C=C\CCCCCCCC(=O)OC(COCCCCCCCCCC/C=C\CCCCCCCC)COC1OC(CO)C(O)C(O)C1O. The number of aliphatic hydroxyl groups excluding tert-OH is 4. The van der Waals surface area contributed by atoms with Crippen LogP contribution in [-0.4, -0.2) is 89.6 Å². The van der Waals surface area contributed by atoms with Crippen LogP contribution in [0.15, 0.2) is 36.5 Å². The van der Waals surface area contributed by atoms with E-state index in [9.17, 15) is 25.2 Å². The Balaban J connectivity index is 2.26. The van der Waals surface area contributed by atoms with Gasteiger partial charge in [0.2, 0.25) is 0 Å². The van der Waals surface area contributed by atoms with Crippen molar-refractivity contribution in [3.05, 3.63) is 36.5 Å². The number of hydrogen-bond acceptors (Lipinski definition) is 9. The Bertz CT molecular complexity index is 968. The Hall–Kier alpha value is -1.59. The molecule has 1 aliphatic heterocycles. The van der Waals surface area contributed by atoms with Gasteiger partial charge >= 0.3 is 5.97 Å². The van der Waals surface area contributed by atoms with Gasteiger partial charge in [0.1, 0.15) is 30.5 Å². The molecule has 0 spiro atoms. The summed E-state index contributed by atoms with van der Waals surface area (Å²) in [6.07, 6.45) is 40.2. The van der Waals surface area contributed by atoms with Gasteiger partial charge in [-0.2, -0.15) is 0 Å². The lowest BCUT2D eigenvalue weighted by atomic mass is 9.99. The largest absolute Gasteiger partial charge is 0.457 e. The number of hydrogen-bond donors (Lipinski definition) is 4. The average molecular weight is 809 g/mol. The van der Waals surface area contributed by atoms with Crippen LogP contribution in [0.25, 0.3) is 0 Å². The summed E-state index contributed by atoms with van der Waals surface area (Å²) in [7, 11) is 0. The Kier molecular flexibility index (Phi) is 37.4. The normalized spacial score (nSPS) is 20.7. The predicted octanol–water partition coefficient (Wildman–Crippen LogP) is 10.8. The number of esters is 1. The zero-order valence-electron chi connectivity index (χ0n) is 36.6. The molecule has 1 saturated heterocycles. The topological polar surface area (TPSA) is 135 Å². The predicted molar refractivity (Wildman–Crippen MR) is 233 cm³/mol. The molecule has 0 aromatic rings. The molecule has 1 fully saturated rings. The quantitative estimate of drug-likeness (QED) is 0.0271. The molecule has 0 aromatic carbocycles. The zero-order chi connectivity index (χ0) is 41.4. The first kappa shape index (κ1) is 53.4. The smallest absolute Gasteiger partial charge is 0.306 e. The highest BCUT2D eigenvalue weighted by molar-refractivity contribution is 5.69. The average Bonchev–Trinajstić information content (AvgIpc) is 3.21. The van der Waals surface area contributed by atoms with E-state index in [4.69, 9.17) is 18.9 Å². The van der Waals surface area contributed by atoms with E-state index in [-0.39, 0.29) is 19.2 Å². The maximum atomic E-state index is 12.8. The molecule has 57 heavy (non-hydrogen) atoms. The van der Waals surface area contributed by atoms with Crippen molar-refractivity contribution in [2.45, 2.75) is 237 Å². The second-order valence-corrected chi connectivity index (χ2v) is 16.2. The molecule has 9 nitrogen and oxygen atoms in total. The van der Waals surface area contributed by atoms with Crippen LogP contribution >= 0.6 is 0 Å². The highest BCUT2D eigenvalue weighted by atomic mass is 16.7. The monoisotopic (exact) mass is 809 g/mol. The highest BCUT2D eigenvalue weighted by Gasteiger charge is 2.44. The fraction of sp³-hybridized carbons (Fsp3) is 0.854. The van der Waals surface area contributed by atoms with E-state index in [1.807, 2.05) is 0 Å². The molecule has 6 unspecified atom stereocenters. The van der Waals surface area contributed by atoms with Crippen LogP contribution in [0, 0.1) is 0 Å². The Morgan fingerprint density at radius 2 is 1.02 bits per heavy atom. The van der Waals surface area contributed by atoms with E-state index in [1.54, 1.807) is 0 Å². The van der Waals surface area contributed by atoms with Gasteiger partial charge in [-0.1, -0.05) is 159 Å². The minimum absolute atomic E-state index is 0.119. The summed E-state index contributed by atoms with van der Waals surface area (Å²) in [6, 6.07) is 0. The minimum atomic E-state index is -1.54. The van der Waals surface area contributed by atoms with Crippen LogP contribution in [-0.2, 0) is 23.7 Å². The Morgan fingerprint density at radius 3 is 1.54 bits per heavy atom. The molecule has 0 aliphatic carbocycles. The van der Waals surface area contributed by atoms with Gasteiger partial charge in [0.15, 0.2) is 6.29 Å². The lowest BCUT2D eigenvalue weighted by Gasteiger charge is -2.39. The molecular formula is C48H88O9. The van der Waals surface area contributed by atoms with Crippen molar-refractivity contribution < 1.29 is 44.2 Å². The third kappa shape index (κ3) is 31.0. The maximum absolute atomic E-state index is 12.8. The van der Waals surface area contributed by atoms with Gasteiger partial charge in [-0.25, -0.2) is 0 Å². The molecule has 0 saturated carbocycles. The van der Waals surface area contributed by atoms with Crippen LogP contribution in [0.4, 0.5) is 0 Å². The summed E-state index contributed by atoms with van der Waals surface area (Å²) in [5, 5.41) is 40.1. The van der Waals surface area contributed by atoms with Crippen LogP contribution in [0.5, 0.6) is 0 Å². The maximum Gasteiger partial charge on any atom is 0.306 e. The molecule has 1 aliphatic rings. The number of rotatable bonds is 40. The lowest BCUT2D eigenvalue weighted by molar-refractivity contribution is -0.305. The number of carbonyl (C=O) groups excluding carboxylic acids is 1. The number of ether oxygens (including phenoxy) is 4. The number of aliphatic hydroxyl groups is 4. The van der Waals surface area contributed by atoms with Gasteiger partial charge < -0.3 is 39.4 Å².